The van der Waals surface area contributed by atoms with Gasteiger partial charge in [0.25, 0.3) is 0 Å². The molecule has 0 N–H and O–H groups in total. The van der Waals surface area contributed by atoms with E-state index >= 15 is 0 Å². The zero-order valence-electron chi connectivity index (χ0n) is 10.7. The molecule has 0 aliphatic carbocycles. The molecule has 2 rings (SSSR count). The molecule has 4 heteroatoms. The predicted octanol–water partition coefficient (Wildman–Crippen LogP) is 3.66. The SMILES string of the molecule is Cc1c(Br)c2ccccc2n1CC(=O)OC(C)C. The van der Waals surface area contributed by atoms with Gasteiger partial charge in [-0.2, -0.15) is 0 Å². The number of nitrogens with zero attached hydrogens (tertiary/aromatic N) is 1. The van der Waals surface area contributed by atoms with Gasteiger partial charge in [-0.1, -0.05) is 18.2 Å². The fourth-order valence-corrected chi connectivity index (χ4v) is 2.57. The molecule has 0 aliphatic heterocycles. The van der Waals surface area contributed by atoms with Crippen LogP contribution < -0.4 is 0 Å². The van der Waals surface area contributed by atoms with Gasteiger partial charge < -0.3 is 9.30 Å². The van der Waals surface area contributed by atoms with Crippen molar-refractivity contribution in [2.75, 3.05) is 0 Å². The molecule has 0 saturated heterocycles. The van der Waals surface area contributed by atoms with E-state index in [-0.39, 0.29) is 18.6 Å². The molecule has 0 amide bonds. The zero-order chi connectivity index (χ0) is 13.3. The first-order valence-corrected chi connectivity index (χ1v) is 6.72. The van der Waals surface area contributed by atoms with Gasteiger partial charge in [0, 0.05) is 21.1 Å². The number of ether oxygens (including phenoxy) is 1. The van der Waals surface area contributed by atoms with Crippen LogP contribution in [0.25, 0.3) is 10.9 Å². The maximum Gasteiger partial charge on any atom is 0.326 e. The van der Waals surface area contributed by atoms with Gasteiger partial charge in [-0.05, 0) is 42.8 Å². The van der Waals surface area contributed by atoms with Crippen LogP contribution in [0.1, 0.15) is 19.5 Å². The van der Waals surface area contributed by atoms with E-state index in [1.54, 1.807) is 0 Å². The van der Waals surface area contributed by atoms with E-state index in [0.717, 1.165) is 21.1 Å². The normalized spacial score (nSPS) is 11.2. The Bertz CT molecular complexity index is 587. The highest BCUT2D eigenvalue weighted by atomic mass is 79.9. The van der Waals surface area contributed by atoms with Gasteiger partial charge in [-0.15, -0.1) is 0 Å². The van der Waals surface area contributed by atoms with Crippen molar-refractivity contribution in [1.29, 1.82) is 0 Å². The Morgan fingerprint density at radius 2 is 2.06 bits per heavy atom. The first-order valence-electron chi connectivity index (χ1n) is 5.93. The van der Waals surface area contributed by atoms with Gasteiger partial charge >= 0.3 is 5.97 Å². The van der Waals surface area contributed by atoms with Gasteiger partial charge in [-0.25, -0.2) is 0 Å². The van der Waals surface area contributed by atoms with Crippen LogP contribution in [-0.4, -0.2) is 16.6 Å². The summed E-state index contributed by atoms with van der Waals surface area (Å²) in [5, 5.41) is 1.12. The molecule has 0 unspecified atom stereocenters. The third-order valence-electron chi connectivity index (χ3n) is 2.81. The van der Waals surface area contributed by atoms with Crippen LogP contribution in [0.3, 0.4) is 0 Å². The van der Waals surface area contributed by atoms with Gasteiger partial charge in [0.1, 0.15) is 6.54 Å². The van der Waals surface area contributed by atoms with E-state index in [1.807, 2.05) is 49.6 Å². The fourth-order valence-electron chi connectivity index (χ4n) is 2.02. The number of hydrogen-bond donors (Lipinski definition) is 0. The standard InChI is InChI=1S/C14H16BrNO2/c1-9(2)18-13(17)8-16-10(3)14(15)11-6-4-5-7-12(11)16/h4-7,9H,8H2,1-3H3. The number of para-hydroxylation sites is 1. The second-order valence-electron chi connectivity index (χ2n) is 4.54. The lowest BCUT2D eigenvalue weighted by Gasteiger charge is -2.10. The van der Waals surface area contributed by atoms with Crippen LogP contribution in [0.4, 0.5) is 0 Å². The number of carbonyl (C=O) groups excluding carboxylic acids is 1. The highest BCUT2D eigenvalue weighted by Gasteiger charge is 2.15. The minimum absolute atomic E-state index is 0.0805. The molecule has 1 aromatic heterocycles. The fraction of sp³-hybridized carbons (Fsp3) is 0.357. The number of aromatic nitrogens is 1. The smallest absolute Gasteiger partial charge is 0.326 e. The molecule has 0 fully saturated rings. The lowest BCUT2D eigenvalue weighted by atomic mass is 10.2. The number of halogens is 1. The van der Waals surface area contributed by atoms with Crippen molar-refractivity contribution in [3.63, 3.8) is 0 Å². The Kier molecular flexibility index (Phi) is 3.76. The summed E-state index contributed by atoms with van der Waals surface area (Å²) in [7, 11) is 0. The Labute approximate surface area is 115 Å². The van der Waals surface area contributed by atoms with Crippen molar-refractivity contribution in [2.45, 2.75) is 33.4 Å². The van der Waals surface area contributed by atoms with Crippen LogP contribution in [0.2, 0.25) is 0 Å². The molecule has 18 heavy (non-hydrogen) atoms. The van der Waals surface area contributed by atoms with E-state index in [4.69, 9.17) is 4.74 Å². The molecular formula is C14H16BrNO2. The number of fused-ring (bicyclic) bond motifs is 1. The predicted molar refractivity (Wildman–Crippen MR) is 75.6 cm³/mol. The van der Waals surface area contributed by atoms with E-state index < -0.39 is 0 Å². The first-order chi connectivity index (χ1) is 8.50. The monoisotopic (exact) mass is 309 g/mol. The van der Waals surface area contributed by atoms with E-state index in [2.05, 4.69) is 15.9 Å². The molecule has 3 nitrogen and oxygen atoms in total. The van der Waals surface area contributed by atoms with Crippen molar-refractivity contribution in [1.82, 2.24) is 4.57 Å². The molecule has 0 aliphatic rings. The van der Waals surface area contributed by atoms with E-state index in [9.17, 15) is 4.79 Å². The van der Waals surface area contributed by atoms with Crippen molar-refractivity contribution in [3.05, 3.63) is 34.4 Å². The summed E-state index contributed by atoms with van der Waals surface area (Å²) < 4.78 is 8.21. The molecule has 0 atom stereocenters. The molecule has 0 saturated carbocycles. The quantitative estimate of drug-likeness (QED) is 0.810. The average molecular weight is 310 g/mol. The van der Waals surface area contributed by atoms with Gasteiger partial charge in [0.2, 0.25) is 0 Å². The van der Waals surface area contributed by atoms with Crippen LogP contribution in [0.15, 0.2) is 28.7 Å². The van der Waals surface area contributed by atoms with Gasteiger partial charge in [0.05, 0.1) is 6.10 Å². The lowest BCUT2D eigenvalue weighted by molar-refractivity contribution is -0.148. The Hall–Kier alpha value is -1.29. The number of carbonyl (C=O) groups is 1. The second-order valence-corrected chi connectivity index (χ2v) is 5.33. The minimum Gasteiger partial charge on any atom is -0.462 e. The highest BCUT2D eigenvalue weighted by molar-refractivity contribution is 9.10. The Morgan fingerprint density at radius 1 is 1.39 bits per heavy atom. The van der Waals surface area contributed by atoms with Crippen molar-refractivity contribution >= 4 is 32.8 Å². The molecule has 2 aromatic rings. The largest absolute Gasteiger partial charge is 0.462 e. The number of benzene rings is 1. The summed E-state index contributed by atoms with van der Waals surface area (Å²) in [6.45, 7) is 5.95. The Balaban J connectivity index is 2.39. The van der Waals surface area contributed by atoms with Crippen molar-refractivity contribution < 1.29 is 9.53 Å². The van der Waals surface area contributed by atoms with Gasteiger partial charge in [-0.3, -0.25) is 4.79 Å². The maximum absolute atomic E-state index is 11.8. The van der Waals surface area contributed by atoms with E-state index in [1.165, 1.54) is 0 Å². The number of esters is 1. The third-order valence-corrected chi connectivity index (χ3v) is 3.81. The summed E-state index contributed by atoms with van der Waals surface area (Å²) in [6.07, 6.45) is -0.0805. The van der Waals surface area contributed by atoms with Crippen LogP contribution in [-0.2, 0) is 16.1 Å². The topological polar surface area (TPSA) is 31.2 Å². The van der Waals surface area contributed by atoms with Crippen molar-refractivity contribution in [3.8, 4) is 0 Å². The summed E-state index contributed by atoms with van der Waals surface area (Å²) in [5.41, 5.74) is 2.08. The average Bonchev–Trinajstić information content (AvgIpc) is 2.54. The molecule has 0 spiro atoms. The summed E-state index contributed by atoms with van der Waals surface area (Å²) in [5.74, 6) is -0.207. The molecule has 0 bridgehead atoms. The lowest BCUT2D eigenvalue weighted by Crippen LogP contribution is -2.18. The summed E-state index contributed by atoms with van der Waals surface area (Å²) in [4.78, 5) is 11.8. The number of hydrogen-bond acceptors (Lipinski definition) is 2. The van der Waals surface area contributed by atoms with Crippen LogP contribution in [0.5, 0.6) is 0 Å². The summed E-state index contributed by atoms with van der Waals surface area (Å²) >= 11 is 3.57. The summed E-state index contributed by atoms with van der Waals surface area (Å²) in [6, 6.07) is 8.01. The minimum atomic E-state index is -0.207. The second kappa shape index (κ2) is 5.14. The van der Waals surface area contributed by atoms with E-state index in [0.29, 0.717) is 0 Å². The zero-order valence-corrected chi connectivity index (χ0v) is 12.3. The molecular weight excluding hydrogens is 294 g/mol. The first kappa shape index (κ1) is 13.1. The van der Waals surface area contributed by atoms with Crippen molar-refractivity contribution in [2.24, 2.45) is 0 Å². The molecule has 1 heterocycles. The maximum atomic E-state index is 11.8. The van der Waals surface area contributed by atoms with Crippen LogP contribution in [0, 0.1) is 6.92 Å². The van der Waals surface area contributed by atoms with Crippen LogP contribution >= 0.6 is 15.9 Å². The molecule has 96 valence electrons. The molecule has 0 radical (unpaired) electrons. The highest BCUT2D eigenvalue weighted by Crippen LogP contribution is 2.30. The third kappa shape index (κ3) is 2.43. The Morgan fingerprint density at radius 3 is 2.72 bits per heavy atom. The number of rotatable bonds is 3. The van der Waals surface area contributed by atoms with Gasteiger partial charge in [0.15, 0.2) is 0 Å². The molecule has 1 aromatic carbocycles.